The van der Waals surface area contributed by atoms with Crippen molar-refractivity contribution in [3.05, 3.63) is 29.0 Å². The van der Waals surface area contributed by atoms with Crippen LogP contribution in [0.5, 0.6) is 0 Å². The molecule has 1 rings (SSSR count). The smallest absolute Gasteiger partial charge is 0.229 e. The van der Waals surface area contributed by atoms with Crippen LogP contribution in [-0.2, 0) is 10.0 Å². The SMILES string of the molecule is CS(=O)(=O)Nc1cc(F)ccc1Cl. The topological polar surface area (TPSA) is 46.2 Å². The summed E-state index contributed by atoms with van der Waals surface area (Å²) >= 11 is 5.61. The first-order valence-corrected chi connectivity index (χ1v) is 5.58. The van der Waals surface area contributed by atoms with Crippen LogP contribution in [0.3, 0.4) is 0 Å². The average Bonchev–Trinajstić information content (AvgIpc) is 1.94. The van der Waals surface area contributed by atoms with E-state index in [-0.39, 0.29) is 10.7 Å². The normalized spacial score (nSPS) is 11.3. The fourth-order valence-corrected chi connectivity index (χ4v) is 1.56. The van der Waals surface area contributed by atoms with E-state index in [1.54, 1.807) is 0 Å². The van der Waals surface area contributed by atoms with Gasteiger partial charge in [0.25, 0.3) is 0 Å². The van der Waals surface area contributed by atoms with Gasteiger partial charge in [-0.05, 0) is 18.2 Å². The Morgan fingerprint density at radius 2 is 2.08 bits per heavy atom. The molecule has 13 heavy (non-hydrogen) atoms. The van der Waals surface area contributed by atoms with Crippen LogP contribution < -0.4 is 4.72 Å². The molecular weight excluding hydrogens is 217 g/mol. The molecule has 0 heterocycles. The van der Waals surface area contributed by atoms with Gasteiger partial charge in [0.1, 0.15) is 5.82 Å². The quantitative estimate of drug-likeness (QED) is 0.832. The van der Waals surface area contributed by atoms with Crippen molar-refractivity contribution in [2.75, 3.05) is 11.0 Å². The van der Waals surface area contributed by atoms with Crippen LogP contribution in [-0.4, -0.2) is 14.7 Å². The molecule has 0 aliphatic carbocycles. The highest BCUT2D eigenvalue weighted by Crippen LogP contribution is 2.22. The Morgan fingerprint density at radius 3 is 2.62 bits per heavy atom. The van der Waals surface area contributed by atoms with Crippen LogP contribution in [0.2, 0.25) is 5.02 Å². The summed E-state index contributed by atoms with van der Waals surface area (Å²) in [6.45, 7) is 0. The third-order valence-electron chi connectivity index (χ3n) is 1.22. The molecule has 0 bridgehead atoms. The van der Waals surface area contributed by atoms with Crippen molar-refractivity contribution in [1.29, 1.82) is 0 Å². The van der Waals surface area contributed by atoms with Gasteiger partial charge in [-0.3, -0.25) is 4.72 Å². The first kappa shape index (κ1) is 10.3. The van der Waals surface area contributed by atoms with Gasteiger partial charge in [0.15, 0.2) is 0 Å². The summed E-state index contributed by atoms with van der Waals surface area (Å²) in [7, 11) is -3.42. The van der Waals surface area contributed by atoms with Gasteiger partial charge in [-0.1, -0.05) is 11.6 Å². The molecule has 0 amide bonds. The maximum Gasteiger partial charge on any atom is 0.229 e. The van der Waals surface area contributed by atoms with Crippen molar-refractivity contribution < 1.29 is 12.8 Å². The fraction of sp³-hybridized carbons (Fsp3) is 0.143. The maximum absolute atomic E-state index is 12.6. The van der Waals surface area contributed by atoms with E-state index in [9.17, 15) is 12.8 Å². The Kier molecular flexibility index (Phi) is 2.77. The van der Waals surface area contributed by atoms with Crippen molar-refractivity contribution in [3.8, 4) is 0 Å². The average molecular weight is 224 g/mol. The number of benzene rings is 1. The predicted molar refractivity (Wildman–Crippen MR) is 49.9 cm³/mol. The Hall–Kier alpha value is -0.810. The number of anilines is 1. The zero-order chi connectivity index (χ0) is 10.1. The van der Waals surface area contributed by atoms with Gasteiger partial charge < -0.3 is 0 Å². The minimum atomic E-state index is -3.42. The molecule has 0 fully saturated rings. The van der Waals surface area contributed by atoms with E-state index in [2.05, 4.69) is 4.72 Å². The second-order valence-corrected chi connectivity index (χ2v) is 4.65. The lowest BCUT2D eigenvalue weighted by molar-refractivity contribution is 0.606. The molecule has 0 aromatic heterocycles. The monoisotopic (exact) mass is 223 g/mol. The molecule has 0 spiro atoms. The third kappa shape index (κ3) is 3.20. The Balaban J connectivity index is 3.08. The molecule has 3 nitrogen and oxygen atoms in total. The van der Waals surface area contributed by atoms with Crippen molar-refractivity contribution in [2.45, 2.75) is 0 Å². The first-order valence-electron chi connectivity index (χ1n) is 3.31. The van der Waals surface area contributed by atoms with Gasteiger partial charge in [-0.2, -0.15) is 0 Å². The standard InChI is InChI=1S/C7H7ClFNO2S/c1-13(11,12)10-7-4-5(9)2-3-6(7)8/h2-4,10H,1H3. The summed E-state index contributed by atoms with van der Waals surface area (Å²) < 4.78 is 36.3. The van der Waals surface area contributed by atoms with E-state index < -0.39 is 15.8 Å². The second-order valence-electron chi connectivity index (χ2n) is 2.50. The van der Waals surface area contributed by atoms with E-state index in [1.807, 2.05) is 0 Å². The number of halogens is 2. The minimum Gasteiger partial charge on any atom is -0.282 e. The van der Waals surface area contributed by atoms with E-state index in [0.717, 1.165) is 18.4 Å². The summed E-state index contributed by atoms with van der Waals surface area (Å²) in [5, 5.41) is 0.159. The highest BCUT2D eigenvalue weighted by Gasteiger charge is 2.06. The Bertz CT molecular complexity index is 419. The van der Waals surface area contributed by atoms with Crippen molar-refractivity contribution in [2.24, 2.45) is 0 Å². The lowest BCUT2D eigenvalue weighted by Gasteiger charge is -2.05. The number of hydrogen-bond donors (Lipinski definition) is 1. The van der Waals surface area contributed by atoms with Crippen molar-refractivity contribution in [3.63, 3.8) is 0 Å². The molecule has 0 radical (unpaired) electrons. The van der Waals surface area contributed by atoms with Crippen LogP contribution in [0.25, 0.3) is 0 Å². The number of rotatable bonds is 2. The van der Waals surface area contributed by atoms with Gasteiger partial charge >= 0.3 is 0 Å². The molecule has 72 valence electrons. The first-order chi connectivity index (χ1) is 5.88. The number of nitrogens with one attached hydrogen (secondary N) is 1. The molecule has 1 N–H and O–H groups in total. The molecule has 1 aromatic rings. The predicted octanol–water partition coefficient (Wildman–Crippen LogP) is 1.85. The Morgan fingerprint density at radius 1 is 1.46 bits per heavy atom. The number of hydrogen-bond acceptors (Lipinski definition) is 2. The van der Waals surface area contributed by atoms with Gasteiger partial charge in [0.05, 0.1) is 17.0 Å². The zero-order valence-corrected chi connectivity index (χ0v) is 8.29. The molecule has 0 unspecified atom stereocenters. The summed E-state index contributed by atoms with van der Waals surface area (Å²) in [6, 6.07) is 3.45. The van der Waals surface area contributed by atoms with Crippen LogP contribution in [0.4, 0.5) is 10.1 Å². The molecule has 0 saturated heterocycles. The molecule has 0 saturated carbocycles. The molecule has 0 aliphatic rings. The summed E-state index contributed by atoms with van der Waals surface area (Å²) in [5.74, 6) is -0.546. The molecule has 0 atom stereocenters. The largest absolute Gasteiger partial charge is 0.282 e. The lowest BCUT2D eigenvalue weighted by Crippen LogP contribution is -2.09. The maximum atomic E-state index is 12.6. The van der Waals surface area contributed by atoms with Crippen LogP contribution in [0.15, 0.2) is 18.2 Å². The summed E-state index contributed by atoms with van der Waals surface area (Å²) in [5.41, 5.74) is 0.0455. The fourth-order valence-electron chi connectivity index (χ4n) is 0.775. The van der Waals surface area contributed by atoms with E-state index in [0.29, 0.717) is 0 Å². The van der Waals surface area contributed by atoms with Crippen LogP contribution in [0.1, 0.15) is 0 Å². The highest BCUT2D eigenvalue weighted by molar-refractivity contribution is 7.92. The molecule has 6 heteroatoms. The van der Waals surface area contributed by atoms with Gasteiger partial charge in [-0.25, -0.2) is 12.8 Å². The zero-order valence-electron chi connectivity index (χ0n) is 6.71. The van der Waals surface area contributed by atoms with Crippen LogP contribution >= 0.6 is 11.6 Å². The molecular formula is C7H7ClFNO2S. The van der Waals surface area contributed by atoms with Gasteiger partial charge in [-0.15, -0.1) is 0 Å². The van der Waals surface area contributed by atoms with Gasteiger partial charge in [0, 0.05) is 0 Å². The second kappa shape index (κ2) is 3.51. The Labute approximate surface area is 80.6 Å². The van der Waals surface area contributed by atoms with Crippen LogP contribution in [0, 0.1) is 5.82 Å². The lowest BCUT2D eigenvalue weighted by atomic mass is 10.3. The van der Waals surface area contributed by atoms with Gasteiger partial charge in [0.2, 0.25) is 10.0 Å². The summed E-state index contributed by atoms with van der Waals surface area (Å²) in [6.07, 6.45) is 0.967. The minimum absolute atomic E-state index is 0.0455. The molecule has 0 aliphatic heterocycles. The highest BCUT2D eigenvalue weighted by atomic mass is 35.5. The van der Waals surface area contributed by atoms with E-state index in [4.69, 9.17) is 11.6 Å². The van der Waals surface area contributed by atoms with Crippen molar-refractivity contribution >= 4 is 27.3 Å². The van der Waals surface area contributed by atoms with E-state index in [1.165, 1.54) is 6.07 Å². The van der Waals surface area contributed by atoms with E-state index >= 15 is 0 Å². The third-order valence-corrected chi connectivity index (χ3v) is 2.14. The number of sulfonamides is 1. The molecule has 1 aromatic carbocycles. The van der Waals surface area contributed by atoms with Crippen molar-refractivity contribution in [1.82, 2.24) is 0 Å². The summed E-state index contributed by atoms with van der Waals surface area (Å²) in [4.78, 5) is 0.